The summed E-state index contributed by atoms with van der Waals surface area (Å²) in [6.07, 6.45) is 9.94. The topological polar surface area (TPSA) is 414 Å². The zero-order chi connectivity index (χ0) is 101. The first-order valence-electron chi connectivity index (χ1n) is 44.1. The van der Waals surface area contributed by atoms with Crippen LogP contribution in [0.25, 0.3) is 32.7 Å². The number of piperazine rings is 4. The molecule has 752 valence electrons. The van der Waals surface area contributed by atoms with Crippen LogP contribution in [0.3, 0.4) is 0 Å². The van der Waals surface area contributed by atoms with E-state index < -0.39 is 75.7 Å². The van der Waals surface area contributed by atoms with E-state index in [0.29, 0.717) is 101 Å². The molecular formula is C94H97Cl2F4N21O15S7. The summed E-state index contributed by atoms with van der Waals surface area (Å²) in [5.41, 5.74) is 5.75. The molecule has 0 radical (unpaired) electrons. The third kappa shape index (κ3) is 23.8. The summed E-state index contributed by atoms with van der Waals surface area (Å²) in [4.78, 5) is 107. The molecule has 4 atom stereocenters. The predicted molar refractivity (Wildman–Crippen MR) is 545 cm³/mol. The van der Waals surface area contributed by atoms with Gasteiger partial charge >= 0.3 is 0 Å². The summed E-state index contributed by atoms with van der Waals surface area (Å²) in [7, 11) is -15.1. The summed E-state index contributed by atoms with van der Waals surface area (Å²) >= 11 is 15.6. The molecule has 4 fully saturated rings. The number of hydrogen-bond acceptors (Lipinski definition) is 26. The molecule has 0 saturated carbocycles. The van der Waals surface area contributed by atoms with Crippen LogP contribution in [-0.2, 0) is 75.4 Å². The Morgan fingerprint density at radius 2 is 0.993 bits per heavy atom. The van der Waals surface area contributed by atoms with Gasteiger partial charge in [-0.15, -0.1) is 32.9 Å². The minimum atomic E-state index is -3.86. The maximum atomic E-state index is 14.2. The van der Waals surface area contributed by atoms with Gasteiger partial charge in [-0.25, -0.2) is 71.2 Å². The summed E-state index contributed by atoms with van der Waals surface area (Å²) in [6.45, 7) is 11.8. The molecule has 0 aliphatic carbocycles. The van der Waals surface area contributed by atoms with E-state index in [0.717, 1.165) is 40.2 Å². The smallest absolute Gasteiger partial charge is 0.263 e. The van der Waals surface area contributed by atoms with Gasteiger partial charge in [-0.05, 0) is 197 Å². The molecule has 4 aliphatic rings. The van der Waals surface area contributed by atoms with Crippen molar-refractivity contribution in [2.24, 2.45) is 0 Å². The van der Waals surface area contributed by atoms with Gasteiger partial charge in [-0.1, -0.05) is 52.7 Å². The predicted octanol–water partition coefficient (Wildman–Crippen LogP) is 14.9. The fourth-order valence-electron chi connectivity index (χ4n) is 16.5. The Bertz CT molecular complexity index is 7690. The lowest BCUT2D eigenvalue weighted by Gasteiger charge is -2.42. The third-order valence-corrected chi connectivity index (χ3v) is 32.5. The molecule has 143 heavy (non-hydrogen) atoms. The summed E-state index contributed by atoms with van der Waals surface area (Å²) < 4.78 is 176. The number of amides is 6. The van der Waals surface area contributed by atoms with E-state index in [2.05, 4.69) is 58.8 Å². The number of fused-ring (bicyclic) bond motifs is 3. The Balaban J connectivity index is 0.000000173. The van der Waals surface area contributed by atoms with Crippen LogP contribution < -0.4 is 43.2 Å². The van der Waals surface area contributed by atoms with Crippen molar-refractivity contribution in [3.8, 4) is 5.75 Å². The number of carbonyl (C=O) groups excluding carboxylic acids is 6. The highest BCUT2D eigenvalue weighted by Gasteiger charge is 2.37. The van der Waals surface area contributed by atoms with Crippen LogP contribution in [0.4, 0.5) is 61.5 Å². The van der Waals surface area contributed by atoms with Crippen LogP contribution in [-0.4, -0.2) is 230 Å². The van der Waals surface area contributed by atoms with Crippen LogP contribution in [0.1, 0.15) is 45.5 Å². The van der Waals surface area contributed by atoms with Crippen molar-refractivity contribution >= 4 is 209 Å². The number of hydrogen-bond donors (Lipinski definition) is 4. The summed E-state index contributed by atoms with van der Waals surface area (Å²) in [6, 6.07) is 47.0. The van der Waals surface area contributed by atoms with Crippen molar-refractivity contribution in [1.29, 1.82) is 0 Å². The average Bonchev–Trinajstić information content (AvgIpc) is 1.61. The Morgan fingerprint density at radius 1 is 0.483 bits per heavy atom. The largest absolute Gasteiger partial charge is 0.479 e. The number of sulfonamides is 4. The standard InChI is InChI=1S/C25H25F2N5O3S2.C23H21Cl2N5O5S.C23H23FN6O3S2.C23H20FN5O4S2.4H2/c1-16-15-30(19-3-5-20(6-4-19)37(34,35)29-25-28-8-12-36-25)10-11-31(16)24(33)17(2)32-9-7-18-13-21(26)22(27)14-23(18)32;1-15(35-19-4-2-3-18(24)22(19)25)23(32)29-11-12-30(21(31)13-29)16-5-7-17(8-6-16)36(33,34)28-20-9-10-26-14-27-20;1-16(30-9-8-17-2-3-18(24)14-21(17)30)22(31)29-12-10-28(11-13-29)19-4-6-20(7-5-19)35(32,33)27-23-26-25-15-34-23;24-19-3-1-2-16-8-10-28(22(16)19)14-20(30)27-11-12-29(21(31)15-27)17-4-6-18(7-5-17)35(32,33)26-23-25-9-13-34-23;;;;/h3-9,12-14,16-17H,10-11,15H2,1-2H3,(H,28,29);2-10,14-15H,11-13H2,1H3,(H,26,27,28);2-9,14-16H,10-13H2,1H3,(H,26,27);1-10,13H,11-12,14-15H2,(H,25,26);4*1H. The van der Waals surface area contributed by atoms with Gasteiger partial charge in [0.2, 0.25) is 34.7 Å². The molecule has 11 heterocycles. The molecule has 49 heteroatoms. The molecule has 0 spiro atoms. The molecule has 7 aromatic heterocycles. The molecule has 6 amide bonds. The van der Waals surface area contributed by atoms with Gasteiger partial charge in [0.1, 0.15) is 71.8 Å². The van der Waals surface area contributed by atoms with Crippen molar-refractivity contribution < 1.29 is 90.4 Å². The van der Waals surface area contributed by atoms with Crippen LogP contribution in [0.5, 0.6) is 5.75 Å². The number of benzene rings is 8. The molecule has 4 N–H and O–H groups in total. The van der Waals surface area contributed by atoms with E-state index in [4.69, 9.17) is 27.9 Å². The Labute approximate surface area is 845 Å². The summed E-state index contributed by atoms with van der Waals surface area (Å²) in [5.74, 6) is -3.57. The fraction of sp³-hybridized carbons (Fsp3) is 0.234. The first kappa shape index (κ1) is 102. The second-order valence-corrected chi connectivity index (χ2v) is 43.1. The zero-order valence-corrected chi connectivity index (χ0v) is 83.5. The number of thiazole rings is 2. The van der Waals surface area contributed by atoms with Gasteiger partial charge < -0.3 is 57.6 Å². The number of rotatable bonds is 25. The number of nitrogens with zero attached hydrogens (tertiary/aromatic N) is 17. The maximum Gasteiger partial charge on any atom is 0.263 e. The van der Waals surface area contributed by atoms with E-state index in [9.17, 15) is 80.0 Å². The van der Waals surface area contributed by atoms with Crippen molar-refractivity contribution in [3.05, 3.63) is 281 Å². The van der Waals surface area contributed by atoms with Crippen molar-refractivity contribution in [1.82, 2.24) is 63.4 Å². The fourth-order valence-corrected chi connectivity index (χ4v) is 23.1. The van der Waals surface area contributed by atoms with Gasteiger partial charge in [0.05, 0.1) is 41.2 Å². The lowest BCUT2D eigenvalue weighted by molar-refractivity contribution is -0.142. The Morgan fingerprint density at radius 3 is 1.55 bits per heavy atom. The van der Waals surface area contributed by atoms with Crippen LogP contribution in [0.15, 0.2) is 267 Å². The number of aromatic nitrogens is 9. The van der Waals surface area contributed by atoms with Gasteiger partial charge in [-0.3, -0.25) is 47.7 Å². The summed E-state index contributed by atoms with van der Waals surface area (Å²) in [5, 5.41) is 14.1. The molecule has 4 unspecified atom stereocenters. The van der Waals surface area contributed by atoms with E-state index >= 15 is 0 Å². The van der Waals surface area contributed by atoms with Gasteiger partial charge in [0.25, 0.3) is 46.0 Å². The molecule has 36 nitrogen and oxygen atoms in total. The van der Waals surface area contributed by atoms with E-state index in [1.165, 1.54) is 133 Å². The number of anilines is 8. The molecule has 19 rings (SSSR count). The first-order chi connectivity index (χ1) is 68.4. The maximum absolute atomic E-state index is 14.2. The molecule has 4 aliphatic heterocycles. The van der Waals surface area contributed by atoms with E-state index in [1.54, 1.807) is 160 Å². The number of para-hydroxylation sites is 1. The Kier molecular flexibility index (Phi) is 31.1. The van der Waals surface area contributed by atoms with Crippen molar-refractivity contribution in [2.75, 3.05) is 124 Å². The second-order valence-electron chi connectivity index (χ2n) is 33.0. The molecule has 15 aromatic rings. The zero-order valence-electron chi connectivity index (χ0n) is 76.2. The van der Waals surface area contributed by atoms with Crippen molar-refractivity contribution in [2.45, 2.75) is 78.1 Å². The van der Waals surface area contributed by atoms with Crippen molar-refractivity contribution in [3.63, 3.8) is 0 Å². The second kappa shape index (κ2) is 43.7. The highest BCUT2D eigenvalue weighted by atomic mass is 35.5. The first-order valence-corrected chi connectivity index (χ1v) is 53.4. The lowest BCUT2D eigenvalue weighted by Crippen LogP contribution is -2.55. The SMILES string of the molecule is CC(C(=O)N1CCN(c2ccc(S(=O)(=O)Nc3nncs3)cc2)CC1)n1ccc2ccc(F)cc21.CC(Oc1cccc(Cl)c1Cl)C(=O)N1CCN(c2ccc(S(=O)(=O)Nc3ccncn3)cc2)C(=O)C1.CC1CN(c2ccc(S(=O)(=O)Nc3nccs3)cc2)CCN1C(=O)C(C)n1ccc2cc(F)c(F)cc21.O=C(Cn1ccc2cccc(F)c21)N1CCN(c2ccc(S(=O)(=O)Nc3nccs3)cc2)C(=O)C1.[HH].[HH].[HH].[HH]. The van der Waals surface area contributed by atoms with Crippen LogP contribution in [0.2, 0.25) is 10.0 Å². The normalized spacial score (nSPS) is 15.5. The van der Waals surface area contributed by atoms with E-state index in [1.807, 2.05) is 35.6 Å². The average molecular weight is 2130 g/mol. The number of carbonyl (C=O) groups is 6. The Hall–Kier alpha value is -14.2. The number of nitrogens with one attached hydrogen (secondary N) is 4. The quantitative estimate of drug-likeness (QED) is 0.0386. The third-order valence-electron chi connectivity index (χ3n) is 23.9. The monoisotopic (exact) mass is 2130 g/mol. The molecule has 4 saturated heterocycles. The molecule has 8 aromatic carbocycles. The van der Waals surface area contributed by atoms with Gasteiger partial charge in [-0.2, -0.15) is 0 Å². The molecular weight excluding hydrogens is 2030 g/mol. The van der Waals surface area contributed by atoms with E-state index in [-0.39, 0.29) is 139 Å². The highest BCUT2D eigenvalue weighted by molar-refractivity contribution is 7.93. The lowest BCUT2D eigenvalue weighted by atomic mass is 10.1. The highest BCUT2D eigenvalue weighted by Crippen LogP contribution is 2.36. The van der Waals surface area contributed by atoms with Gasteiger partial charge in [0, 0.05) is 171 Å². The number of ether oxygens (including phenoxy) is 1. The van der Waals surface area contributed by atoms with Gasteiger partial charge in [0.15, 0.2) is 28.0 Å². The molecule has 0 bridgehead atoms. The van der Waals surface area contributed by atoms with Crippen LogP contribution in [0, 0.1) is 23.3 Å². The van der Waals surface area contributed by atoms with Crippen LogP contribution >= 0.6 is 57.2 Å². The minimum Gasteiger partial charge on any atom is -0.479 e. The number of halogens is 6. The minimum absolute atomic E-state index is 0.